The summed E-state index contributed by atoms with van der Waals surface area (Å²) in [6.07, 6.45) is 3.92. The van der Waals surface area contributed by atoms with Crippen LogP contribution in [0.4, 0.5) is 0 Å². The lowest BCUT2D eigenvalue weighted by molar-refractivity contribution is 1.13. The van der Waals surface area contributed by atoms with Gasteiger partial charge in [-0.2, -0.15) is 0 Å². The highest BCUT2D eigenvalue weighted by Crippen LogP contribution is 2.40. The minimum Gasteiger partial charge on any atom is -0.309 e. The van der Waals surface area contributed by atoms with Crippen molar-refractivity contribution in [2.24, 2.45) is 0 Å². The van der Waals surface area contributed by atoms with Crippen LogP contribution in [0.5, 0.6) is 0 Å². The molecule has 0 atom stereocenters. The molecule has 0 amide bonds. The number of rotatable bonds is 7. The maximum Gasteiger partial charge on any atom is 0.160 e. The summed E-state index contributed by atoms with van der Waals surface area (Å²) in [7, 11) is 0. The zero-order valence-corrected chi connectivity index (χ0v) is 39.4. The van der Waals surface area contributed by atoms with E-state index in [1.807, 2.05) is 18.5 Å². The van der Waals surface area contributed by atoms with Crippen molar-refractivity contribution in [3.63, 3.8) is 0 Å². The molecule has 0 aliphatic carbocycles. The minimum absolute atomic E-state index is 0.664. The Bertz CT molecular complexity index is 4430. The van der Waals surface area contributed by atoms with E-state index in [9.17, 15) is 0 Å². The van der Waals surface area contributed by atoms with Crippen LogP contribution in [-0.4, -0.2) is 28.7 Å². The Kier molecular flexibility index (Phi) is 9.16. The number of benzene rings is 10. The van der Waals surface area contributed by atoms with Crippen LogP contribution in [0.15, 0.2) is 255 Å². The van der Waals surface area contributed by atoms with Gasteiger partial charge in [-0.1, -0.05) is 164 Å². The molecule has 0 radical (unpaired) electrons. The van der Waals surface area contributed by atoms with Crippen molar-refractivity contribution in [1.29, 1.82) is 0 Å². The van der Waals surface area contributed by atoms with Gasteiger partial charge in [-0.3, -0.25) is 4.98 Å². The van der Waals surface area contributed by atoms with Crippen molar-refractivity contribution in [3.8, 4) is 62.1 Å². The van der Waals surface area contributed by atoms with E-state index in [4.69, 9.17) is 9.97 Å². The molecule has 5 heterocycles. The number of hydrogen-bond donors (Lipinski definition) is 0. The van der Waals surface area contributed by atoms with E-state index >= 15 is 0 Å². The van der Waals surface area contributed by atoms with E-state index < -0.39 is 0 Å². The second-order valence-electron chi connectivity index (χ2n) is 18.8. The van der Waals surface area contributed by atoms with Gasteiger partial charge >= 0.3 is 0 Å². The van der Waals surface area contributed by atoms with Gasteiger partial charge in [-0.25, -0.2) is 9.97 Å². The highest BCUT2D eigenvalue weighted by atomic mass is 15.0. The van der Waals surface area contributed by atoms with Crippen molar-refractivity contribution in [2.75, 3.05) is 0 Å². The molecule has 73 heavy (non-hydrogen) atoms. The first kappa shape index (κ1) is 40.9. The number of pyridine rings is 1. The first-order chi connectivity index (χ1) is 36.2. The van der Waals surface area contributed by atoms with Crippen molar-refractivity contribution in [1.82, 2.24) is 28.7 Å². The molecule has 340 valence electrons. The lowest BCUT2D eigenvalue weighted by Gasteiger charge is -2.16. The molecule has 6 heteroatoms. The Morgan fingerprint density at radius 1 is 0.260 bits per heavy atom. The predicted octanol–water partition coefficient (Wildman–Crippen LogP) is 17.0. The summed E-state index contributed by atoms with van der Waals surface area (Å²) >= 11 is 0. The van der Waals surface area contributed by atoms with E-state index in [2.05, 4.69) is 255 Å². The second-order valence-corrected chi connectivity index (χ2v) is 18.8. The minimum atomic E-state index is 0.664. The van der Waals surface area contributed by atoms with Gasteiger partial charge in [0.15, 0.2) is 5.82 Å². The topological polar surface area (TPSA) is 53.5 Å². The Balaban J connectivity index is 0.914. The Morgan fingerprint density at radius 2 is 0.699 bits per heavy atom. The van der Waals surface area contributed by atoms with Gasteiger partial charge in [0.1, 0.15) is 0 Å². The summed E-state index contributed by atoms with van der Waals surface area (Å²) in [5, 5.41) is 9.57. The standard InChI is InChI=1S/C67H42N6/c1-2-16-44(17-3-1)67-69-59(43-30-33-48(34-31-43)71-65-29-15-10-24-56(65)57-38-45(32-35-66(57)71)58-42-68-41-46-18-4-5-19-51(46)58)40-60(70-67)47-36-49(72-61-25-11-6-20-52(61)53-21-7-12-26-62(53)72)39-50(37-47)73-63-27-13-8-22-54(63)55-23-9-14-28-64(55)73/h1-42H. The number of nitrogens with zero attached hydrogens (tertiary/aromatic N) is 6. The molecular formula is C67H42N6. The third kappa shape index (κ3) is 6.54. The smallest absolute Gasteiger partial charge is 0.160 e. The SMILES string of the molecule is c1ccc(-c2nc(-c3ccc(-n4c5ccccc5c5cc(-c6cncc7ccccc67)ccc54)cc3)cc(-c3cc(-n4c5ccccc5c5ccccc54)cc(-n4c5ccccc5c5ccccc54)c3)n2)cc1. The van der Waals surface area contributed by atoms with Crippen LogP contribution in [0.2, 0.25) is 0 Å². The van der Waals surface area contributed by atoms with Crippen LogP contribution in [-0.2, 0) is 0 Å². The van der Waals surface area contributed by atoms with Gasteiger partial charge in [-0.15, -0.1) is 0 Å². The Labute approximate surface area is 420 Å². The molecule has 0 aliphatic heterocycles. The van der Waals surface area contributed by atoms with E-state index in [1.54, 1.807) is 0 Å². The van der Waals surface area contributed by atoms with Gasteiger partial charge in [0.2, 0.25) is 0 Å². The van der Waals surface area contributed by atoms with Crippen molar-refractivity contribution in [3.05, 3.63) is 255 Å². The van der Waals surface area contributed by atoms with Crippen LogP contribution in [0.3, 0.4) is 0 Å². The first-order valence-corrected chi connectivity index (χ1v) is 24.7. The summed E-state index contributed by atoms with van der Waals surface area (Å²) < 4.78 is 7.18. The summed E-state index contributed by atoms with van der Waals surface area (Å²) in [4.78, 5) is 15.4. The molecule has 0 bridgehead atoms. The molecule has 6 nitrogen and oxygen atoms in total. The van der Waals surface area contributed by atoms with Crippen LogP contribution in [0.25, 0.3) is 138 Å². The van der Waals surface area contributed by atoms with Crippen molar-refractivity contribution in [2.45, 2.75) is 0 Å². The zero-order valence-electron chi connectivity index (χ0n) is 39.4. The first-order valence-electron chi connectivity index (χ1n) is 24.7. The highest BCUT2D eigenvalue weighted by Gasteiger charge is 2.20. The molecule has 0 unspecified atom stereocenters. The van der Waals surface area contributed by atoms with Crippen LogP contribution < -0.4 is 0 Å². The molecule has 15 rings (SSSR count). The number of para-hydroxylation sites is 5. The maximum atomic E-state index is 5.43. The summed E-state index contributed by atoms with van der Waals surface area (Å²) in [6, 6.07) is 87.0. The van der Waals surface area contributed by atoms with Crippen LogP contribution in [0.1, 0.15) is 0 Å². The summed E-state index contributed by atoms with van der Waals surface area (Å²) in [5.41, 5.74) is 16.9. The third-order valence-electron chi connectivity index (χ3n) is 14.7. The molecule has 0 saturated heterocycles. The quantitative estimate of drug-likeness (QED) is 0.160. The molecule has 0 saturated carbocycles. The van der Waals surface area contributed by atoms with Gasteiger partial charge in [0, 0.05) is 89.4 Å². The molecule has 0 aliphatic rings. The fraction of sp³-hybridized carbons (Fsp3) is 0. The average molecular weight is 931 g/mol. The number of aromatic nitrogens is 6. The van der Waals surface area contributed by atoms with Gasteiger partial charge < -0.3 is 13.7 Å². The van der Waals surface area contributed by atoms with Crippen molar-refractivity contribution < 1.29 is 0 Å². The maximum absolute atomic E-state index is 5.43. The number of fused-ring (bicyclic) bond motifs is 10. The lowest BCUT2D eigenvalue weighted by Crippen LogP contribution is -2.01. The fourth-order valence-electron chi connectivity index (χ4n) is 11.4. The molecule has 10 aromatic carbocycles. The Hall–Kier alpha value is -9.91. The van der Waals surface area contributed by atoms with Gasteiger partial charge in [-0.05, 0) is 89.8 Å². The largest absolute Gasteiger partial charge is 0.309 e. The summed E-state index contributed by atoms with van der Waals surface area (Å²) in [6.45, 7) is 0. The molecule has 0 spiro atoms. The van der Waals surface area contributed by atoms with Crippen LogP contribution >= 0.6 is 0 Å². The van der Waals surface area contributed by atoms with Crippen LogP contribution in [0, 0.1) is 0 Å². The van der Waals surface area contributed by atoms with Crippen molar-refractivity contribution >= 4 is 76.2 Å². The molecule has 0 fully saturated rings. The molecule has 5 aromatic heterocycles. The molecule has 0 N–H and O–H groups in total. The van der Waals surface area contributed by atoms with E-state index in [1.165, 1.54) is 37.7 Å². The average Bonchev–Trinajstić information content (AvgIpc) is 4.11. The highest BCUT2D eigenvalue weighted by molar-refractivity contribution is 6.13. The normalized spacial score (nSPS) is 11.8. The van der Waals surface area contributed by atoms with E-state index in [0.29, 0.717) is 5.82 Å². The van der Waals surface area contributed by atoms with Gasteiger partial charge in [0.05, 0.1) is 44.5 Å². The van der Waals surface area contributed by atoms with E-state index in [-0.39, 0.29) is 0 Å². The van der Waals surface area contributed by atoms with E-state index in [0.717, 1.165) is 94.8 Å². The zero-order chi connectivity index (χ0) is 48.0. The third-order valence-corrected chi connectivity index (χ3v) is 14.7. The monoisotopic (exact) mass is 930 g/mol. The molecule has 15 aromatic rings. The lowest BCUT2D eigenvalue weighted by atomic mass is 9.99. The summed E-state index contributed by atoms with van der Waals surface area (Å²) in [5.74, 6) is 0.664. The predicted molar refractivity (Wildman–Crippen MR) is 302 cm³/mol. The van der Waals surface area contributed by atoms with Gasteiger partial charge in [0.25, 0.3) is 0 Å². The fourth-order valence-corrected chi connectivity index (χ4v) is 11.4. The second kappa shape index (κ2) is 16.3. The molecular weight excluding hydrogens is 889 g/mol. The Morgan fingerprint density at radius 3 is 1.26 bits per heavy atom. The number of hydrogen-bond acceptors (Lipinski definition) is 3.